The van der Waals surface area contributed by atoms with Crippen molar-refractivity contribution in [3.05, 3.63) is 23.8 Å². The summed E-state index contributed by atoms with van der Waals surface area (Å²) in [5.74, 6) is 1.14. The normalized spacial score (nSPS) is 17.3. The number of amides is 2. The highest BCUT2D eigenvalue weighted by Crippen LogP contribution is 2.36. The van der Waals surface area contributed by atoms with Crippen LogP contribution < -0.4 is 14.8 Å². The molecule has 2 rings (SSSR count). The van der Waals surface area contributed by atoms with Gasteiger partial charge in [-0.15, -0.1) is 0 Å². The van der Waals surface area contributed by atoms with E-state index in [-0.39, 0.29) is 24.4 Å². The molecule has 6 nitrogen and oxygen atoms in total. The van der Waals surface area contributed by atoms with Gasteiger partial charge in [-0.2, -0.15) is 0 Å². The number of nitrogens with zero attached hydrogens (tertiary/aromatic N) is 1. The molecule has 2 amide bonds. The maximum absolute atomic E-state index is 12.6. The number of hydrogen-bond donors (Lipinski definition) is 1. The van der Waals surface area contributed by atoms with Crippen LogP contribution in [-0.2, 0) is 9.59 Å². The van der Waals surface area contributed by atoms with Crippen molar-refractivity contribution >= 4 is 11.8 Å². The van der Waals surface area contributed by atoms with Crippen LogP contribution in [0.2, 0.25) is 0 Å². The molecule has 0 aromatic heterocycles. The molecule has 0 spiro atoms. The van der Waals surface area contributed by atoms with Crippen LogP contribution in [0, 0.1) is 5.41 Å². The minimum atomic E-state index is -0.506. The lowest BCUT2D eigenvalue weighted by molar-refractivity contribution is -0.135. The number of rotatable bonds is 5. The molecular weight excluding hydrogens is 320 g/mol. The molecule has 0 saturated carbocycles. The zero-order valence-electron chi connectivity index (χ0n) is 15.7. The molecule has 1 N–H and O–H groups in total. The van der Waals surface area contributed by atoms with E-state index in [0.717, 1.165) is 18.4 Å². The Hall–Kier alpha value is -2.24. The molecule has 0 radical (unpaired) electrons. The Kier molecular flexibility index (Phi) is 5.93. The van der Waals surface area contributed by atoms with Crippen molar-refractivity contribution in [2.45, 2.75) is 39.7 Å². The predicted octanol–water partition coefficient (Wildman–Crippen LogP) is 2.53. The third-order valence-electron chi connectivity index (χ3n) is 4.45. The van der Waals surface area contributed by atoms with Gasteiger partial charge in [-0.25, -0.2) is 0 Å². The zero-order valence-corrected chi connectivity index (χ0v) is 15.7. The highest BCUT2D eigenvalue weighted by atomic mass is 16.5. The van der Waals surface area contributed by atoms with Crippen molar-refractivity contribution in [3.63, 3.8) is 0 Å². The first-order chi connectivity index (χ1) is 11.8. The van der Waals surface area contributed by atoms with Gasteiger partial charge in [-0.1, -0.05) is 26.8 Å². The van der Waals surface area contributed by atoms with Gasteiger partial charge in [0.25, 0.3) is 0 Å². The molecule has 1 aliphatic rings. The van der Waals surface area contributed by atoms with E-state index in [4.69, 9.17) is 9.47 Å². The van der Waals surface area contributed by atoms with Gasteiger partial charge in [0.15, 0.2) is 11.5 Å². The minimum absolute atomic E-state index is 0.00107. The van der Waals surface area contributed by atoms with Crippen LogP contribution in [0.3, 0.4) is 0 Å². The number of ether oxygens (including phenoxy) is 2. The fraction of sp³-hybridized carbons (Fsp3) is 0.579. The Labute approximate surface area is 149 Å². The molecular formula is C19H28N2O4. The summed E-state index contributed by atoms with van der Waals surface area (Å²) in [4.78, 5) is 26.4. The van der Waals surface area contributed by atoms with E-state index in [0.29, 0.717) is 18.0 Å². The summed E-state index contributed by atoms with van der Waals surface area (Å²) in [6.45, 7) is 6.21. The third-order valence-corrected chi connectivity index (χ3v) is 4.45. The maximum atomic E-state index is 12.6. The van der Waals surface area contributed by atoms with E-state index < -0.39 is 5.41 Å². The molecule has 138 valence electrons. The quantitative estimate of drug-likeness (QED) is 0.888. The highest BCUT2D eigenvalue weighted by molar-refractivity contribution is 5.87. The molecule has 1 saturated heterocycles. The van der Waals surface area contributed by atoms with Crippen LogP contribution >= 0.6 is 0 Å². The van der Waals surface area contributed by atoms with Gasteiger partial charge in [0.05, 0.1) is 26.8 Å². The lowest BCUT2D eigenvalue weighted by atomic mass is 9.96. The van der Waals surface area contributed by atoms with E-state index in [2.05, 4.69) is 5.32 Å². The Morgan fingerprint density at radius 3 is 2.48 bits per heavy atom. The van der Waals surface area contributed by atoms with Gasteiger partial charge >= 0.3 is 0 Å². The van der Waals surface area contributed by atoms with Crippen molar-refractivity contribution in [3.8, 4) is 11.5 Å². The smallest absolute Gasteiger partial charge is 0.242 e. The number of methoxy groups -OCH3 is 2. The molecule has 0 bridgehead atoms. The average molecular weight is 348 g/mol. The van der Waals surface area contributed by atoms with Crippen LogP contribution in [0.15, 0.2) is 18.2 Å². The lowest BCUT2D eigenvalue weighted by Crippen LogP contribution is -2.43. The van der Waals surface area contributed by atoms with E-state index in [1.165, 1.54) is 0 Å². The third kappa shape index (κ3) is 4.44. The maximum Gasteiger partial charge on any atom is 0.242 e. The van der Waals surface area contributed by atoms with Gasteiger partial charge in [-0.3, -0.25) is 9.59 Å². The molecule has 1 aromatic rings. The standard InChI is InChI=1S/C19H28N2O4/c1-19(2,3)18(23)20-12-17(22)21-10-6-7-14(21)13-8-9-15(24-4)16(11-13)25-5/h8-9,11,14H,6-7,10,12H2,1-5H3,(H,20,23). The van der Waals surface area contributed by atoms with Gasteiger partial charge in [-0.05, 0) is 30.5 Å². The zero-order chi connectivity index (χ0) is 18.6. The largest absolute Gasteiger partial charge is 0.493 e. The first kappa shape index (κ1) is 19.1. The second kappa shape index (κ2) is 7.76. The Balaban J connectivity index is 2.09. The minimum Gasteiger partial charge on any atom is -0.493 e. The molecule has 1 unspecified atom stereocenters. The number of nitrogens with one attached hydrogen (secondary N) is 1. The van der Waals surface area contributed by atoms with Gasteiger partial charge in [0.1, 0.15) is 0 Å². The predicted molar refractivity (Wildman–Crippen MR) is 95.7 cm³/mol. The monoisotopic (exact) mass is 348 g/mol. The molecule has 1 heterocycles. The fourth-order valence-electron chi connectivity index (χ4n) is 2.99. The van der Waals surface area contributed by atoms with Crippen LogP contribution in [0.1, 0.15) is 45.2 Å². The van der Waals surface area contributed by atoms with E-state index in [1.807, 2.05) is 43.9 Å². The van der Waals surface area contributed by atoms with Crippen LogP contribution in [0.5, 0.6) is 11.5 Å². The average Bonchev–Trinajstić information content (AvgIpc) is 3.07. The Bertz CT molecular complexity index is 637. The summed E-state index contributed by atoms with van der Waals surface area (Å²) >= 11 is 0. The number of carbonyl (C=O) groups excluding carboxylic acids is 2. The lowest BCUT2D eigenvalue weighted by Gasteiger charge is -2.26. The van der Waals surface area contributed by atoms with Gasteiger partial charge in [0, 0.05) is 12.0 Å². The Morgan fingerprint density at radius 2 is 1.88 bits per heavy atom. The van der Waals surface area contributed by atoms with E-state index >= 15 is 0 Å². The molecule has 1 atom stereocenters. The molecule has 0 aliphatic carbocycles. The summed E-state index contributed by atoms with van der Waals surface area (Å²) in [6, 6.07) is 5.74. The SMILES string of the molecule is COc1ccc(C2CCCN2C(=O)CNC(=O)C(C)(C)C)cc1OC. The van der Waals surface area contributed by atoms with Crippen LogP contribution in [0.4, 0.5) is 0 Å². The van der Waals surface area contributed by atoms with Gasteiger partial charge < -0.3 is 19.7 Å². The fourth-order valence-corrected chi connectivity index (χ4v) is 2.99. The van der Waals surface area contributed by atoms with Crippen molar-refractivity contribution in [2.24, 2.45) is 5.41 Å². The summed E-state index contributed by atoms with van der Waals surface area (Å²) in [5.41, 5.74) is 0.513. The van der Waals surface area contributed by atoms with Crippen LogP contribution in [0.25, 0.3) is 0 Å². The second-order valence-corrected chi connectivity index (χ2v) is 7.29. The summed E-state index contributed by atoms with van der Waals surface area (Å²) in [6.07, 6.45) is 1.84. The van der Waals surface area contributed by atoms with E-state index in [9.17, 15) is 9.59 Å². The van der Waals surface area contributed by atoms with Crippen molar-refractivity contribution in [2.75, 3.05) is 27.3 Å². The molecule has 25 heavy (non-hydrogen) atoms. The molecule has 1 fully saturated rings. The number of hydrogen-bond acceptors (Lipinski definition) is 4. The molecule has 6 heteroatoms. The van der Waals surface area contributed by atoms with E-state index in [1.54, 1.807) is 14.2 Å². The van der Waals surface area contributed by atoms with Gasteiger partial charge in [0.2, 0.25) is 11.8 Å². The van der Waals surface area contributed by atoms with Crippen molar-refractivity contribution in [1.29, 1.82) is 0 Å². The highest BCUT2D eigenvalue weighted by Gasteiger charge is 2.31. The summed E-state index contributed by atoms with van der Waals surface area (Å²) < 4.78 is 10.6. The summed E-state index contributed by atoms with van der Waals surface area (Å²) in [5, 5.41) is 2.74. The molecule has 1 aliphatic heterocycles. The number of likely N-dealkylation sites (tertiary alicyclic amines) is 1. The Morgan fingerprint density at radius 1 is 1.20 bits per heavy atom. The summed E-state index contributed by atoms with van der Waals surface area (Å²) in [7, 11) is 3.20. The second-order valence-electron chi connectivity index (χ2n) is 7.29. The van der Waals surface area contributed by atoms with Crippen molar-refractivity contribution in [1.82, 2.24) is 10.2 Å². The first-order valence-corrected chi connectivity index (χ1v) is 8.57. The first-order valence-electron chi connectivity index (χ1n) is 8.57. The number of benzene rings is 1. The molecule has 1 aromatic carbocycles. The van der Waals surface area contributed by atoms with Crippen molar-refractivity contribution < 1.29 is 19.1 Å². The van der Waals surface area contributed by atoms with Crippen LogP contribution in [-0.4, -0.2) is 44.0 Å². The topological polar surface area (TPSA) is 67.9 Å². The number of carbonyl (C=O) groups is 2.